The Morgan fingerprint density at radius 3 is 2.41 bits per heavy atom. The number of allylic oxidation sites excluding steroid dienone is 1. The van der Waals surface area contributed by atoms with E-state index in [1.54, 1.807) is 0 Å². The molecule has 1 aliphatic rings. The Morgan fingerprint density at radius 1 is 1.00 bits per heavy atom. The molecule has 1 aromatic heterocycles. The predicted octanol–water partition coefficient (Wildman–Crippen LogP) is 6.38. The van der Waals surface area contributed by atoms with Gasteiger partial charge in [0, 0.05) is 18.1 Å². The third-order valence-electron chi connectivity index (χ3n) is 7.31. The molecule has 1 heteroatoms. The SMILES string of the molecule is C=CC1(CC)[n+]2cc(C)c(C)cc2-c2c(ccc3ccccc23)C1(C)CC. The van der Waals surface area contributed by atoms with Crippen LogP contribution in [0.3, 0.4) is 0 Å². The molecule has 0 spiro atoms. The van der Waals surface area contributed by atoms with Gasteiger partial charge in [0.1, 0.15) is 0 Å². The molecule has 0 fully saturated rings. The summed E-state index contributed by atoms with van der Waals surface area (Å²) in [7, 11) is 0. The van der Waals surface area contributed by atoms with E-state index in [2.05, 4.69) is 101 Å². The first-order valence-corrected chi connectivity index (χ1v) is 10.1. The third-order valence-corrected chi connectivity index (χ3v) is 7.31. The molecule has 2 unspecified atom stereocenters. The Hall–Kier alpha value is -2.41. The van der Waals surface area contributed by atoms with E-state index in [1.807, 2.05) is 0 Å². The summed E-state index contributed by atoms with van der Waals surface area (Å²) in [5, 5.41) is 2.66. The van der Waals surface area contributed by atoms with E-state index >= 15 is 0 Å². The van der Waals surface area contributed by atoms with Crippen molar-refractivity contribution in [3.63, 3.8) is 0 Å². The zero-order valence-corrected chi connectivity index (χ0v) is 17.3. The van der Waals surface area contributed by atoms with Gasteiger partial charge in [-0.2, -0.15) is 4.57 Å². The van der Waals surface area contributed by atoms with Crippen LogP contribution in [0.25, 0.3) is 22.0 Å². The minimum Gasteiger partial charge on any atom is -0.188 e. The van der Waals surface area contributed by atoms with Crippen molar-refractivity contribution in [1.82, 2.24) is 0 Å². The van der Waals surface area contributed by atoms with Crippen molar-refractivity contribution in [3.05, 3.63) is 78.0 Å². The molecule has 0 radical (unpaired) electrons. The molecule has 1 aliphatic heterocycles. The number of nitrogens with zero attached hydrogens (tertiary/aromatic N) is 1. The second kappa shape index (κ2) is 6.05. The van der Waals surface area contributed by atoms with Crippen molar-refractivity contribution in [2.75, 3.05) is 0 Å². The van der Waals surface area contributed by atoms with Crippen LogP contribution in [0.5, 0.6) is 0 Å². The number of aryl methyl sites for hydroxylation is 2. The Bertz CT molecular complexity index is 1060. The standard InChI is InChI=1S/C26H30N/c1-7-25(6)22-15-14-20-12-10-11-13-21(20)24(22)23-16-18(4)19(5)17-27(23)26(25,8-2)9-3/h8,10-17H,2,7,9H2,1,3-6H3/q+1. The molecule has 1 nitrogen and oxygen atoms in total. The monoisotopic (exact) mass is 356 g/mol. The predicted molar refractivity (Wildman–Crippen MR) is 115 cm³/mol. The summed E-state index contributed by atoms with van der Waals surface area (Å²) >= 11 is 0. The van der Waals surface area contributed by atoms with Gasteiger partial charge in [0.25, 0.3) is 0 Å². The van der Waals surface area contributed by atoms with Crippen LogP contribution in [0.1, 0.15) is 50.3 Å². The number of pyridine rings is 1. The lowest BCUT2D eigenvalue weighted by Gasteiger charge is -2.46. The summed E-state index contributed by atoms with van der Waals surface area (Å²) < 4.78 is 2.53. The summed E-state index contributed by atoms with van der Waals surface area (Å²) in [6.07, 6.45) is 6.65. The van der Waals surface area contributed by atoms with E-state index < -0.39 is 0 Å². The summed E-state index contributed by atoms with van der Waals surface area (Å²) in [5.74, 6) is 0. The van der Waals surface area contributed by atoms with Gasteiger partial charge in [0.15, 0.2) is 11.7 Å². The molecular formula is C26H30N+. The molecule has 2 aromatic carbocycles. The minimum absolute atomic E-state index is 0.0117. The van der Waals surface area contributed by atoms with Crippen LogP contribution in [0.4, 0.5) is 0 Å². The normalized spacial score (nSPS) is 23.7. The first kappa shape index (κ1) is 18.0. The maximum atomic E-state index is 4.34. The summed E-state index contributed by atoms with van der Waals surface area (Å²) in [4.78, 5) is 0. The smallest absolute Gasteiger partial charge is 0.188 e. The average molecular weight is 357 g/mol. The van der Waals surface area contributed by atoms with Crippen LogP contribution in [-0.2, 0) is 11.0 Å². The lowest BCUT2D eigenvalue weighted by atomic mass is 9.59. The summed E-state index contributed by atoms with van der Waals surface area (Å²) in [6.45, 7) is 15.8. The molecule has 0 N–H and O–H groups in total. The van der Waals surface area contributed by atoms with E-state index in [0.717, 1.165) is 12.8 Å². The molecule has 0 saturated heterocycles. The van der Waals surface area contributed by atoms with Gasteiger partial charge in [0.05, 0.1) is 11.0 Å². The van der Waals surface area contributed by atoms with Crippen molar-refractivity contribution < 1.29 is 4.57 Å². The van der Waals surface area contributed by atoms with Crippen molar-refractivity contribution in [1.29, 1.82) is 0 Å². The molecule has 2 heterocycles. The number of aromatic nitrogens is 1. The fourth-order valence-corrected chi connectivity index (χ4v) is 5.31. The molecule has 0 bridgehead atoms. The van der Waals surface area contributed by atoms with E-state index in [0.29, 0.717) is 0 Å². The summed E-state index contributed by atoms with van der Waals surface area (Å²) in [6, 6.07) is 15.8. The molecule has 0 amide bonds. The van der Waals surface area contributed by atoms with Crippen LogP contribution >= 0.6 is 0 Å². The van der Waals surface area contributed by atoms with E-state index in [9.17, 15) is 0 Å². The van der Waals surface area contributed by atoms with Crippen molar-refractivity contribution in [2.24, 2.45) is 0 Å². The molecule has 4 rings (SSSR count). The van der Waals surface area contributed by atoms with Gasteiger partial charge >= 0.3 is 0 Å². The van der Waals surface area contributed by atoms with Gasteiger partial charge < -0.3 is 0 Å². The highest BCUT2D eigenvalue weighted by atomic mass is 15.1. The summed E-state index contributed by atoms with van der Waals surface area (Å²) in [5.41, 5.74) is 6.69. The Kier molecular flexibility index (Phi) is 4.03. The number of rotatable bonds is 3. The maximum absolute atomic E-state index is 4.34. The molecule has 0 aliphatic carbocycles. The van der Waals surface area contributed by atoms with Gasteiger partial charge in [-0.05, 0) is 55.2 Å². The van der Waals surface area contributed by atoms with Gasteiger partial charge in [0.2, 0.25) is 5.69 Å². The van der Waals surface area contributed by atoms with Gasteiger partial charge in [-0.3, -0.25) is 0 Å². The molecule has 3 aromatic rings. The lowest BCUT2D eigenvalue weighted by molar-refractivity contribution is -0.756. The first-order chi connectivity index (χ1) is 12.9. The lowest BCUT2D eigenvalue weighted by Crippen LogP contribution is -2.68. The van der Waals surface area contributed by atoms with Crippen LogP contribution in [-0.4, -0.2) is 0 Å². The van der Waals surface area contributed by atoms with Crippen LogP contribution in [0.2, 0.25) is 0 Å². The topological polar surface area (TPSA) is 3.88 Å². The first-order valence-electron chi connectivity index (χ1n) is 10.1. The fourth-order valence-electron chi connectivity index (χ4n) is 5.31. The Labute approximate surface area is 163 Å². The Morgan fingerprint density at radius 2 is 1.74 bits per heavy atom. The third kappa shape index (κ3) is 2.15. The number of fused-ring (bicyclic) bond motifs is 5. The zero-order valence-electron chi connectivity index (χ0n) is 17.3. The van der Waals surface area contributed by atoms with Gasteiger partial charge in [-0.15, -0.1) is 0 Å². The second-order valence-electron chi connectivity index (χ2n) is 8.27. The quantitative estimate of drug-likeness (QED) is 0.378. The molecule has 27 heavy (non-hydrogen) atoms. The van der Waals surface area contributed by atoms with E-state index in [-0.39, 0.29) is 11.0 Å². The second-order valence-corrected chi connectivity index (χ2v) is 8.27. The van der Waals surface area contributed by atoms with Crippen molar-refractivity contribution in [2.45, 2.75) is 58.4 Å². The zero-order chi connectivity index (χ0) is 19.4. The van der Waals surface area contributed by atoms with E-state index in [1.165, 1.54) is 38.7 Å². The highest BCUT2D eigenvalue weighted by molar-refractivity contribution is 5.98. The highest BCUT2D eigenvalue weighted by Gasteiger charge is 2.58. The molecule has 2 atom stereocenters. The number of hydrogen-bond acceptors (Lipinski definition) is 0. The highest BCUT2D eigenvalue weighted by Crippen LogP contribution is 2.52. The van der Waals surface area contributed by atoms with Crippen LogP contribution in [0.15, 0.2) is 61.3 Å². The Balaban J connectivity index is 2.26. The molecule has 138 valence electrons. The fraction of sp³-hybridized carbons (Fsp3) is 0.346. The largest absolute Gasteiger partial charge is 0.214 e. The van der Waals surface area contributed by atoms with Crippen LogP contribution in [0, 0.1) is 13.8 Å². The van der Waals surface area contributed by atoms with Crippen molar-refractivity contribution >= 4 is 10.8 Å². The van der Waals surface area contributed by atoms with Crippen LogP contribution < -0.4 is 4.57 Å². The maximum Gasteiger partial charge on any atom is 0.214 e. The number of hydrogen-bond donors (Lipinski definition) is 0. The van der Waals surface area contributed by atoms with Gasteiger partial charge in [-0.1, -0.05) is 56.8 Å². The molecular weight excluding hydrogens is 326 g/mol. The number of benzene rings is 2. The minimum atomic E-state index is -0.134. The van der Waals surface area contributed by atoms with Crippen molar-refractivity contribution in [3.8, 4) is 11.3 Å². The average Bonchev–Trinajstić information content (AvgIpc) is 2.70. The van der Waals surface area contributed by atoms with Gasteiger partial charge in [-0.25, -0.2) is 0 Å². The van der Waals surface area contributed by atoms with E-state index in [4.69, 9.17) is 0 Å². The molecule has 0 saturated carbocycles.